The molecule has 1 atom stereocenters. The van der Waals surface area contributed by atoms with E-state index in [1.54, 1.807) is 6.92 Å². The van der Waals surface area contributed by atoms with Crippen LogP contribution in [0.25, 0.3) is 0 Å². The summed E-state index contributed by atoms with van der Waals surface area (Å²) in [6.07, 6.45) is 7.49. The van der Waals surface area contributed by atoms with Gasteiger partial charge in [0.05, 0.1) is 5.25 Å². The molecule has 0 heterocycles. The molecule has 0 unspecified atom stereocenters. The number of rotatable bonds is 3. The van der Waals surface area contributed by atoms with Crippen LogP contribution in [0.15, 0.2) is 0 Å². The lowest BCUT2D eigenvalue weighted by molar-refractivity contribution is -0.119. The van der Waals surface area contributed by atoms with Crippen molar-refractivity contribution >= 4 is 23.7 Å². The first-order chi connectivity index (χ1) is 7.63. The Labute approximate surface area is 101 Å². The second-order valence-electron chi connectivity index (χ2n) is 4.18. The van der Waals surface area contributed by atoms with Gasteiger partial charge in [-0.1, -0.05) is 19.3 Å². The zero-order valence-electron chi connectivity index (χ0n) is 9.91. The van der Waals surface area contributed by atoms with E-state index in [9.17, 15) is 9.59 Å². The Kier molecular flexibility index (Phi) is 5.66. The number of hydrogen-bond donors (Lipinski definition) is 2. The predicted molar refractivity (Wildman–Crippen MR) is 66.5 cm³/mol. The van der Waals surface area contributed by atoms with Crippen LogP contribution in [0.2, 0.25) is 0 Å². The van der Waals surface area contributed by atoms with Gasteiger partial charge < -0.3 is 5.32 Å². The third-order valence-corrected chi connectivity index (χ3v) is 3.82. The van der Waals surface area contributed by atoms with Crippen LogP contribution < -0.4 is 10.6 Å². The Bertz CT molecular complexity index is 252. The van der Waals surface area contributed by atoms with Crippen molar-refractivity contribution in [3.05, 3.63) is 0 Å². The standard InChI is InChI=1S/C11H20N2O2S/c1-8(16-2)10(14)13-11(15)12-9-6-4-3-5-7-9/h8-9H,3-7H2,1-2H3,(H2,12,13,14,15)/t8-/m0/s1. The number of amides is 3. The minimum atomic E-state index is -0.349. The lowest BCUT2D eigenvalue weighted by Gasteiger charge is -2.22. The number of imide groups is 1. The van der Waals surface area contributed by atoms with Crippen LogP contribution in [0.3, 0.4) is 0 Å². The van der Waals surface area contributed by atoms with Crippen molar-refractivity contribution in [2.75, 3.05) is 6.26 Å². The molecule has 0 saturated heterocycles. The monoisotopic (exact) mass is 244 g/mol. The Hall–Kier alpha value is -0.710. The summed E-state index contributed by atoms with van der Waals surface area (Å²) in [4.78, 5) is 22.9. The number of nitrogens with one attached hydrogen (secondary N) is 2. The molecule has 0 aromatic carbocycles. The summed E-state index contributed by atoms with van der Waals surface area (Å²) < 4.78 is 0. The first-order valence-corrected chi connectivity index (χ1v) is 7.06. The minimum absolute atomic E-state index is 0.183. The summed E-state index contributed by atoms with van der Waals surface area (Å²) in [5.74, 6) is -0.221. The van der Waals surface area contributed by atoms with Crippen molar-refractivity contribution < 1.29 is 9.59 Å². The summed E-state index contributed by atoms with van der Waals surface area (Å²) in [5.41, 5.74) is 0. The maximum Gasteiger partial charge on any atom is 0.321 e. The van der Waals surface area contributed by atoms with Gasteiger partial charge in [0.25, 0.3) is 0 Å². The number of carbonyl (C=O) groups excluding carboxylic acids is 2. The maximum absolute atomic E-state index is 11.5. The Balaban J connectivity index is 2.26. The predicted octanol–water partition coefficient (Wildman–Crippen LogP) is 1.90. The van der Waals surface area contributed by atoms with Crippen LogP contribution >= 0.6 is 11.8 Å². The molecular weight excluding hydrogens is 224 g/mol. The molecule has 16 heavy (non-hydrogen) atoms. The zero-order chi connectivity index (χ0) is 12.0. The molecule has 3 amide bonds. The molecule has 4 nitrogen and oxygen atoms in total. The van der Waals surface area contributed by atoms with E-state index in [4.69, 9.17) is 0 Å². The first-order valence-electron chi connectivity index (χ1n) is 5.77. The van der Waals surface area contributed by atoms with Gasteiger partial charge in [0.15, 0.2) is 0 Å². The molecule has 2 N–H and O–H groups in total. The van der Waals surface area contributed by atoms with Gasteiger partial charge >= 0.3 is 6.03 Å². The summed E-state index contributed by atoms with van der Waals surface area (Å²) in [7, 11) is 0. The van der Waals surface area contributed by atoms with Gasteiger partial charge in [-0.05, 0) is 26.0 Å². The lowest BCUT2D eigenvalue weighted by Crippen LogP contribution is -2.47. The summed E-state index contributed by atoms with van der Waals surface area (Å²) in [6.45, 7) is 1.79. The Morgan fingerprint density at radius 2 is 1.88 bits per heavy atom. The number of urea groups is 1. The molecule has 1 aliphatic rings. The minimum Gasteiger partial charge on any atom is -0.335 e. The number of hydrogen-bond acceptors (Lipinski definition) is 3. The SMILES string of the molecule is CS[C@@H](C)C(=O)NC(=O)NC1CCCCC1. The molecule has 1 aliphatic carbocycles. The smallest absolute Gasteiger partial charge is 0.321 e. The van der Waals surface area contributed by atoms with E-state index in [0.717, 1.165) is 12.8 Å². The van der Waals surface area contributed by atoms with E-state index in [-0.39, 0.29) is 23.2 Å². The fraction of sp³-hybridized carbons (Fsp3) is 0.818. The van der Waals surface area contributed by atoms with Gasteiger partial charge in [0.2, 0.25) is 5.91 Å². The quantitative estimate of drug-likeness (QED) is 0.797. The van der Waals surface area contributed by atoms with Crippen LogP contribution in [0.4, 0.5) is 4.79 Å². The molecule has 1 saturated carbocycles. The summed E-state index contributed by atoms with van der Waals surface area (Å²) in [6, 6.07) is -0.107. The van der Waals surface area contributed by atoms with Crippen LogP contribution in [0, 0.1) is 0 Å². The molecule has 1 fully saturated rings. The van der Waals surface area contributed by atoms with Crippen LogP contribution in [-0.2, 0) is 4.79 Å². The average molecular weight is 244 g/mol. The fourth-order valence-corrected chi connectivity index (χ4v) is 2.06. The molecule has 0 spiro atoms. The fourth-order valence-electron chi connectivity index (χ4n) is 1.79. The molecule has 5 heteroatoms. The van der Waals surface area contributed by atoms with Gasteiger partial charge in [-0.3, -0.25) is 10.1 Å². The summed E-state index contributed by atoms with van der Waals surface area (Å²) in [5, 5.41) is 5.03. The Morgan fingerprint density at radius 3 is 2.44 bits per heavy atom. The van der Waals surface area contributed by atoms with Crippen LogP contribution in [0.1, 0.15) is 39.0 Å². The topological polar surface area (TPSA) is 58.2 Å². The van der Waals surface area contributed by atoms with Crippen molar-refractivity contribution in [1.82, 2.24) is 10.6 Å². The highest BCUT2D eigenvalue weighted by Gasteiger charge is 2.18. The van der Waals surface area contributed by atoms with Gasteiger partial charge in [-0.15, -0.1) is 0 Å². The second kappa shape index (κ2) is 6.78. The highest BCUT2D eigenvalue weighted by atomic mass is 32.2. The molecule has 92 valence electrons. The van der Waals surface area contributed by atoms with Gasteiger partial charge in [0.1, 0.15) is 0 Å². The molecule has 0 aromatic rings. The van der Waals surface area contributed by atoms with Gasteiger partial charge in [0, 0.05) is 6.04 Å². The average Bonchev–Trinajstić information content (AvgIpc) is 2.29. The molecule has 1 rings (SSSR count). The van der Waals surface area contributed by atoms with Crippen molar-refractivity contribution in [3.8, 4) is 0 Å². The Morgan fingerprint density at radius 1 is 1.25 bits per heavy atom. The summed E-state index contributed by atoms with van der Waals surface area (Å²) >= 11 is 1.43. The normalized spacial score (nSPS) is 18.9. The third kappa shape index (κ3) is 4.43. The highest BCUT2D eigenvalue weighted by Crippen LogP contribution is 2.17. The zero-order valence-corrected chi connectivity index (χ0v) is 10.7. The van der Waals surface area contributed by atoms with E-state index in [0.29, 0.717) is 0 Å². The van der Waals surface area contributed by atoms with E-state index < -0.39 is 0 Å². The number of carbonyl (C=O) groups is 2. The maximum atomic E-state index is 11.5. The molecule has 0 radical (unpaired) electrons. The van der Waals surface area contributed by atoms with Crippen molar-refractivity contribution in [3.63, 3.8) is 0 Å². The van der Waals surface area contributed by atoms with Gasteiger partial charge in [-0.25, -0.2) is 4.79 Å². The highest BCUT2D eigenvalue weighted by molar-refractivity contribution is 7.99. The van der Waals surface area contributed by atoms with E-state index in [1.807, 2.05) is 6.26 Å². The third-order valence-electron chi connectivity index (χ3n) is 2.90. The molecular formula is C11H20N2O2S. The van der Waals surface area contributed by atoms with Crippen LogP contribution in [-0.4, -0.2) is 29.5 Å². The largest absolute Gasteiger partial charge is 0.335 e. The van der Waals surface area contributed by atoms with Crippen molar-refractivity contribution in [1.29, 1.82) is 0 Å². The van der Waals surface area contributed by atoms with Crippen molar-refractivity contribution in [2.24, 2.45) is 0 Å². The molecule has 0 bridgehead atoms. The van der Waals surface area contributed by atoms with Crippen molar-refractivity contribution in [2.45, 2.75) is 50.3 Å². The molecule has 0 aromatic heterocycles. The van der Waals surface area contributed by atoms with E-state index in [2.05, 4.69) is 10.6 Å². The second-order valence-corrected chi connectivity index (χ2v) is 5.35. The lowest BCUT2D eigenvalue weighted by atomic mass is 9.96. The molecule has 0 aliphatic heterocycles. The van der Waals surface area contributed by atoms with Gasteiger partial charge in [-0.2, -0.15) is 11.8 Å². The van der Waals surface area contributed by atoms with E-state index >= 15 is 0 Å². The number of thioether (sulfide) groups is 1. The van der Waals surface area contributed by atoms with Crippen LogP contribution in [0.5, 0.6) is 0 Å². The first kappa shape index (κ1) is 13.4. The van der Waals surface area contributed by atoms with E-state index in [1.165, 1.54) is 31.0 Å².